The standard InChI is InChI=1S/C13H9I2NO3S/c1-2-3-16-12(18)10(20-13(16)19)5-7-4-8(14)6-9(15)11(7)17/h2,4-6,17H,1,3H2/b10-5+. The number of benzene rings is 1. The Hall–Kier alpha value is -0.550. The first-order chi connectivity index (χ1) is 9.43. The fourth-order valence-corrected chi connectivity index (χ4v) is 4.35. The number of phenols is 1. The van der Waals surface area contributed by atoms with Crippen LogP contribution in [0.3, 0.4) is 0 Å². The fourth-order valence-electron chi connectivity index (χ4n) is 1.62. The van der Waals surface area contributed by atoms with Crippen LogP contribution >= 0.6 is 56.9 Å². The molecule has 0 spiro atoms. The van der Waals surface area contributed by atoms with E-state index in [-0.39, 0.29) is 23.4 Å². The third-order valence-electron chi connectivity index (χ3n) is 2.53. The van der Waals surface area contributed by atoms with Gasteiger partial charge in [-0.15, -0.1) is 6.58 Å². The van der Waals surface area contributed by atoms with E-state index in [1.54, 1.807) is 12.1 Å². The lowest BCUT2D eigenvalue weighted by molar-refractivity contribution is -0.122. The van der Waals surface area contributed by atoms with Gasteiger partial charge in [-0.25, -0.2) is 0 Å². The molecule has 7 heteroatoms. The molecule has 1 heterocycles. The first kappa shape index (κ1) is 15.8. The van der Waals surface area contributed by atoms with Crippen molar-refractivity contribution < 1.29 is 14.7 Å². The molecule has 1 N–H and O–H groups in total. The summed E-state index contributed by atoms with van der Waals surface area (Å²) in [4.78, 5) is 25.2. The largest absolute Gasteiger partial charge is 0.506 e. The van der Waals surface area contributed by atoms with Gasteiger partial charge in [0.1, 0.15) is 5.75 Å². The molecule has 1 aromatic carbocycles. The van der Waals surface area contributed by atoms with Crippen LogP contribution in [0.25, 0.3) is 6.08 Å². The first-order valence-electron chi connectivity index (χ1n) is 5.48. The fraction of sp³-hybridized carbons (Fsp3) is 0.0769. The van der Waals surface area contributed by atoms with Crippen molar-refractivity contribution in [1.82, 2.24) is 4.90 Å². The lowest BCUT2D eigenvalue weighted by Gasteiger charge is -2.08. The van der Waals surface area contributed by atoms with Crippen LogP contribution in [-0.4, -0.2) is 27.7 Å². The molecule has 4 nitrogen and oxygen atoms in total. The van der Waals surface area contributed by atoms with E-state index in [4.69, 9.17) is 0 Å². The quantitative estimate of drug-likeness (QED) is 0.380. The Labute approximate surface area is 147 Å². The highest BCUT2D eigenvalue weighted by Crippen LogP contribution is 2.35. The number of imide groups is 1. The Morgan fingerprint density at radius 1 is 1.35 bits per heavy atom. The zero-order valence-corrected chi connectivity index (χ0v) is 15.2. The molecule has 2 rings (SSSR count). The molecular formula is C13H9I2NO3S. The molecule has 0 saturated carbocycles. The second-order valence-corrected chi connectivity index (χ2v) is 7.31. The van der Waals surface area contributed by atoms with Gasteiger partial charge in [-0.3, -0.25) is 14.5 Å². The minimum Gasteiger partial charge on any atom is -0.506 e. The molecule has 0 aromatic heterocycles. The van der Waals surface area contributed by atoms with Crippen LogP contribution in [0.1, 0.15) is 5.56 Å². The van der Waals surface area contributed by atoms with Crippen LogP contribution in [-0.2, 0) is 4.79 Å². The topological polar surface area (TPSA) is 57.6 Å². The molecule has 1 fully saturated rings. The van der Waals surface area contributed by atoms with Crippen molar-refractivity contribution >= 4 is 74.2 Å². The number of carbonyl (C=O) groups excluding carboxylic acids is 2. The van der Waals surface area contributed by atoms with Crippen molar-refractivity contribution in [2.75, 3.05) is 6.54 Å². The molecule has 1 aliphatic rings. The number of nitrogens with zero attached hydrogens (tertiary/aromatic N) is 1. The number of halogens is 2. The molecule has 0 aliphatic carbocycles. The maximum Gasteiger partial charge on any atom is 0.293 e. The number of hydrogen-bond donors (Lipinski definition) is 1. The first-order valence-corrected chi connectivity index (χ1v) is 8.45. The van der Waals surface area contributed by atoms with Crippen LogP contribution in [0.5, 0.6) is 5.75 Å². The number of phenolic OH excluding ortho intramolecular Hbond substituents is 1. The van der Waals surface area contributed by atoms with Gasteiger partial charge in [-0.2, -0.15) is 0 Å². The molecule has 2 amide bonds. The summed E-state index contributed by atoms with van der Waals surface area (Å²) >= 11 is 5.03. The summed E-state index contributed by atoms with van der Waals surface area (Å²) in [7, 11) is 0. The average Bonchev–Trinajstić information content (AvgIpc) is 2.63. The van der Waals surface area contributed by atoms with Crippen molar-refractivity contribution in [3.05, 3.63) is 42.4 Å². The molecular weight excluding hydrogens is 504 g/mol. The predicted molar refractivity (Wildman–Crippen MR) is 96.4 cm³/mol. The molecule has 0 unspecified atom stereocenters. The van der Waals surface area contributed by atoms with Gasteiger partial charge in [0.2, 0.25) is 0 Å². The monoisotopic (exact) mass is 513 g/mol. The highest BCUT2D eigenvalue weighted by molar-refractivity contribution is 14.1. The number of amides is 2. The second-order valence-electron chi connectivity index (χ2n) is 3.91. The smallest absolute Gasteiger partial charge is 0.293 e. The van der Waals surface area contributed by atoms with Gasteiger partial charge >= 0.3 is 0 Å². The van der Waals surface area contributed by atoms with Crippen LogP contribution in [0.2, 0.25) is 0 Å². The number of rotatable bonds is 3. The minimum atomic E-state index is -0.354. The van der Waals surface area contributed by atoms with Crippen LogP contribution in [0.4, 0.5) is 4.79 Å². The van der Waals surface area contributed by atoms with E-state index in [1.807, 2.05) is 28.7 Å². The molecule has 1 aliphatic heterocycles. The summed E-state index contributed by atoms with van der Waals surface area (Å²) < 4.78 is 1.65. The van der Waals surface area contributed by atoms with Gasteiger partial charge in [-0.1, -0.05) is 6.08 Å². The molecule has 0 bridgehead atoms. The third kappa shape index (κ3) is 3.19. The van der Waals surface area contributed by atoms with Gasteiger partial charge < -0.3 is 5.11 Å². The second kappa shape index (κ2) is 6.48. The van der Waals surface area contributed by atoms with E-state index in [0.717, 1.165) is 20.2 Å². The Bertz CT molecular complexity index is 643. The molecule has 104 valence electrons. The van der Waals surface area contributed by atoms with Gasteiger partial charge in [0.25, 0.3) is 11.1 Å². The molecule has 20 heavy (non-hydrogen) atoms. The maximum atomic E-state index is 12.1. The zero-order valence-electron chi connectivity index (χ0n) is 10.1. The number of aromatic hydroxyl groups is 1. The number of thioether (sulfide) groups is 1. The van der Waals surface area contributed by atoms with Crippen molar-refractivity contribution in [1.29, 1.82) is 0 Å². The minimum absolute atomic E-state index is 0.113. The Morgan fingerprint density at radius 3 is 2.70 bits per heavy atom. The van der Waals surface area contributed by atoms with Gasteiger partial charge in [0.05, 0.1) is 8.48 Å². The maximum absolute atomic E-state index is 12.1. The van der Waals surface area contributed by atoms with Crippen LogP contribution in [0.15, 0.2) is 29.7 Å². The molecule has 1 saturated heterocycles. The third-order valence-corrected chi connectivity index (χ3v) is 4.88. The van der Waals surface area contributed by atoms with E-state index in [9.17, 15) is 14.7 Å². The summed E-state index contributed by atoms with van der Waals surface area (Å²) in [6, 6.07) is 3.59. The lowest BCUT2D eigenvalue weighted by atomic mass is 10.2. The Balaban J connectivity index is 2.40. The van der Waals surface area contributed by atoms with Crippen LogP contribution < -0.4 is 0 Å². The zero-order chi connectivity index (χ0) is 14.9. The molecule has 0 radical (unpaired) electrons. The Morgan fingerprint density at radius 2 is 2.05 bits per heavy atom. The SMILES string of the molecule is C=CCN1C(=O)S/C(=C/c2cc(I)cc(I)c2O)C1=O. The molecule has 0 atom stereocenters. The van der Waals surface area contributed by atoms with Crippen molar-refractivity contribution in [2.45, 2.75) is 0 Å². The highest BCUT2D eigenvalue weighted by Gasteiger charge is 2.34. The number of carbonyl (C=O) groups is 2. The van der Waals surface area contributed by atoms with Gasteiger partial charge in [0, 0.05) is 15.7 Å². The number of hydrogen-bond acceptors (Lipinski definition) is 4. The van der Waals surface area contributed by atoms with E-state index < -0.39 is 0 Å². The van der Waals surface area contributed by atoms with E-state index >= 15 is 0 Å². The highest BCUT2D eigenvalue weighted by atomic mass is 127. The van der Waals surface area contributed by atoms with E-state index in [1.165, 1.54) is 6.08 Å². The average molecular weight is 513 g/mol. The van der Waals surface area contributed by atoms with E-state index in [0.29, 0.717) is 14.0 Å². The van der Waals surface area contributed by atoms with E-state index in [2.05, 4.69) is 29.2 Å². The summed E-state index contributed by atoms with van der Waals surface area (Å²) in [6.45, 7) is 3.71. The molecule has 1 aromatic rings. The van der Waals surface area contributed by atoms with Crippen LogP contribution in [0, 0.1) is 7.14 Å². The van der Waals surface area contributed by atoms with Crippen molar-refractivity contribution in [3.8, 4) is 5.75 Å². The summed E-state index contributed by atoms with van der Waals surface area (Å²) in [5, 5.41) is 9.69. The summed E-state index contributed by atoms with van der Waals surface area (Å²) in [6.07, 6.45) is 3.05. The van der Waals surface area contributed by atoms with Crippen molar-refractivity contribution in [2.24, 2.45) is 0 Å². The Kier molecular flexibility index (Phi) is 5.13. The van der Waals surface area contributed by atoms with Crippen molar-refractivity contribution in [3.63, 3.8) is 0 Å². The summed E-state index contributed by atoms with van der Waals surface area (Å²) in [5.74, 6) is -0.241. The normalized spacial score (nSPS) is 17.1. The predicted octanol–water partition coefficient (Wildman–Crippen LogP) is 3.82. The lowest BCUT2D eigenvalue weighted by Crippen LogP contribution is -2.27. The summed E-state index contributed by atoms with van der Waals surface area (Å²) in [5.41, 5.74) is 0.533. The van der Waals surface area contributed by atoms with Gasteiger partial charge in [0.15, 0.2) is 0 Å². The van der Waals surface area contributed by atoms with Gasteiger partial charge in [-0.05, 0) is 75.2 Å².